The molecule has 0 aliphatic carbocycles. The zero-order valence-corrected chi connectivity index (χ0v) is 10.6. The summed E-state index contributed by atoms with van der Waals surface area (Å²) in [6.07, 6.45) is 0. The summed E-state index contributed by atoms with van der Waals surface area (Å²) in [6.45, 7) is 1.48. The van der Waals surface area contributed by atoms with Gasteiger partial charge in [-0.25, -0.2) is 13.6 Å². The van der Waals surface area contributed by atoms with Crippen molar-refractivity contribution in [2.45, 2.75) is 6.92 Å². The summed E-state index contributed by atoms with van der Waals surface area (Å²) in [5, 5.41) is 9.35. The van der Waals surface area contributed by atoms with Gasteiger partial charge in [-0.15, -0.1) is 0 Å². The molecule has 0 fully saturated rings. The zero-order chi connectivity index (χ0) is 14.2. The number of aromatic carboxylic acids is 1. The third-order valence-electron chi connectivity index (χ3n) is 2.75. The lowest BCUT2D eigenvalue weighted by molar-refractivity contribution is 0.0697. The average Bonchev–Trinajstić information content (AvgIpc) is 2.34. The second kappa shape index (κ2) is 4.97. The van der Waals surface area contributed by atoms with Crippen LogP contribution in [0.15, 0.2) is 30.3 Å². The maximum absolute atomic E-state index is 13.8. The van der Waals surface area contributed by atoms with Crippen molar-refractivity contribution in [2.75, 3.05) is 0 Å². The van der Waals surface area contributed by atoms with E-state index in [1.165, 1.54) is 31.2 Å². The van der Waals surface area contributed by atoms with Crippen LogP contribution in [-0.4, -0.2) is 11.1 Å². The van der Waals surface area contributed by atoms with E-state index >= 15 is 0 Å². The summed E-state index contributed by atoms with van der Waals surface area (Å²) in [7, 11) is 0. The quantitative estimate of drug-likeness (QED) is 0.892. The second-order valence-corrected chi connectivity index (χ2v) is 4.51. The molecule has 0 aliphatic rings. The fraction of sp³-hybridized carbons (Fsp3) is 0.0714. The molecular weight excluding hydrogens is 274 g/mol. The molecule has 0 aliphatic heterocycles. The van der Waals surface area contributed by atoms with Gasteiger partial charge in [0.25, 0.3) is 0 Å². The highest BCUT2D eigenvalue weighted by molar-refractivity contribution is 6.31. The van der Waals surface area contributed by atoms with E-state index in [2.05, 4.69) is 0 Å². The van der Waals surface area contributed by atoms with Gasteiger partial charge < -0.3 is 5.11 Å². The topological polar surface area (TPSA) is 37.3 Å². The lowest BCUT2D eigenvalue weighted by atomic mass is 9.97. The van der Waals surface area contributed by atoms with Crippen LogP contribution >= 0.6 is 11.6 Å². The van der Waals surface area contributed by atoms with Crippen LogP contribution in [0.3, 0.4) is 0 Å². The molecule has 2 aromatic rings. The first kappa shape index (κ1) is 13.5. The van der Waals surface area contributed by atoms with E-state index in [-0.39, 0.29) is 27.3 Å². The summed E-state index contributed by atoms with van der Waals surface area (Å²) in [6, 6.07) is 6.12. The Morgan fingerprint density at radius 1 is 1.11 bits per heavy atom. The molecule has 0 atom stereocenters. The smallest absolute Gasteiger partial charge is 0.336 e. The van der Waals surface area contributed by atoms with Crippen LogP contribution in [0.5, 0.6) is 0 Å². The maximum Gasteiger partial charge on any atom is 0.336 e. The standard InChI is InChI=1S/C14H9ClF2O2/c1-7-4-10(13(17)6-12(7)16)9-3-2-8(15)5-11(9)14(18)19/h2-6H,1H3,(H,18,19). The molecule has 0 amide bonds. The lowest BCUT2D eigenvalue weighted by Crippen LogP contribution is -2.01. The molecule has 5 heteroatoms. The van der Waals surface area contributed by atoms with Gasteiger partial charge >= 0.3 is 5.97 Å². The van der Waals surface area contributed by atoms with Crippen LogP contribution in [0, 0.1) is 18.6 Å². The molecule has 2 rings (SSSR count). The van der Waals surface area contributed by atoms with Crippen molar-refractivity contribution >= 4 is 17.6 Å². The minimum Gasteiger partial charge on any atom is -0.478 e. The van der Waals surface area contributed by atoms with Crippen molar-refractivity contribution in [3.63, 3.8) is 0 Å². The van der Waals surface area contributed by atoms with Gasteiger partial charge in [0.1, 0.15) is 11.6 Å². The number of carboxylic acids is 1. The molecule has 1 N–H and O–H groups in total. The van der Waals surface area contributed by atoms with E-state index in [1.54, 1.807) is 0 Å². The van der Waals surface area contributed by atoms with E-state index in [9.17, 15) is 13.6 Å². The Kier molecular flexibility index (Phi) is 3.53. The summed E-state index contributed by atoms with van der Waals surface area (Å²) in [4.78, 5) is 11.2. The summed E-state index contributed by atoms with van der Waals surface area (Å²) in [5.74, 6) is -2.71. The number of hydrogen-bond acceptors (Lipinski definition) is 1. The van der Waals surface area contributed by atoms with Gasteiger partial charge in [0.15, 0.2) is 0 Å². The number of carboxylic acid groups (broad SMARTS) is 1. The molecular formula is C14H9ClF2O2. The van der Waals surface area contributed by atoms with Crippen molar-refractivity contribution in [1.82, 2.24) is 0 Å². The number of halogens is 3. The normalized spacial score (nSPS) is 10.5. The monoisotopic (exact) mass is 282 g/mol. The van der Waals surface area contributed by atoms with E-state index < -0.39 is 17.6 Å². The second-order valence-electron chi connectivity index (χ2n) is 4.08. The van der Waals surface area contributed by atoms with Gasteiger partial charge in [-0.2, -0.15) is 0 Å². The Bertz CT molecular complexity index is 669. The summed E-state index contributed by atoms with van der Waals surface area (Å²) < 4.78 is 27.0. The minimum absolute atomic E-state index is 0.0352. The number of carbonyl (C=O) groups is 1. The molecule has 2 aromatic carbocycles. The van der Waals surface area contributed by atoms with Crippen LogP contribution in [0.2, 0.25) is 5.02 Å². The highest BCUT2D eigenvalue weighted by atomic mass is 35.5. The number of aryl methyl sites for hydroxylation is 1. The zero-order valence-electron chi connectivity index (χ0n) is 9.88. The first-order valence-corrected chi connectivity index (χ1v) is 5.77. The van der Waals surface area contributed by atoms with Gasteiger partial charge in [-0.05, 0) is 36.2 Å². The molecule has 0 radical (unpaired) electrons. The number of rotatable bonds is 2. The Hall–Kier alpha value is -1.94. The van der Waals surface area contributed by atoms with Crippen molar-refractivity contribution in [2.24, 2.45) is 0 Å². The number of benzene rings is 2. The van der Waals surface area contributed by atoms with Crippen molar-refractivity contribution < 1.29 is 18.7 Å². The maximum atomic E-state index is 13.8. The predicted molar refractivity (Wildman–Crippen MR) is 68.5 cm³/mol. The number of hydrogen-bond donors (Lipinski definition) is 1. The molecule has 0 spiro atoms. The van der Waals surface area contributed by atoms with Crippen molar-refractivity contribution in [1.29, 1.82) is 0 Å². The van der Waals surface area contributed by atoms with Crippen LogP contribution in [0.25, 0.3) is 11.1 Å². The molecule has 0 heterocycles. The van der Waals surface area contributed by atoms with Gasteiger partial charge in [-0.1, -0.05) is 17.7 Å². The average molecular weight is 283 g/mol. The Morgan fingerprint density at radius 3 is 2.42 bits per heavy atom. The van der Waals surface area contributed by atoms with Crippen LogP contribution in [-0.2, 0) is 0 Å². The minimum atomic E-state index is -1.22. The van der Waals surface area contributed by atoms with E-state index in [0.29, 0.717) is 0 Å². The molecule has 0 unspecified atom stereocenters. The Morgan fingerprint density at radius 2 is 1.79 bits per heavy atom. The highest BCUT2D eigenvalue weighted by Gasteiger charge is 2.16. The largest absolute Gasteiger partial charge is 0.478 e. The summed E-state index contributed by atoms with van der Waals surface area (Å²) in [5.41, 5.74) is 0.311. The molecule has 98 valence electrons. The van der Waals surface area contributed by atoms with E-state index in [1.807, 2.05) is 0 Å². The summed E-state index contributed by atoms with van der Waals surface area (Å²) >= 11 is 5.73. The molecule has 0 bridgehead atoms. The Balaban J connectivity index is 2.72. The SMILES string of the molecule is Cc1cc(-c2ccc(Cl)cc2C(=O)O)c(F)cc1F. The third kappa shape index (κ3) is 2.58. The van der Waals surface area contributed by atoms with Gasteiger partial charge in [0.2, 0.25) is 0 Å². The predicted octanol–water partition coefficient (Wildman–Crippen LogP) is 4.29. The highest BCUT2D eigenvalue weighted by Crippen LogP contribution is 2.30. The molecule has 0 saturated carbocycles. The molecule has 19 heavy (non-hydrogen) atoms. The van der Waals surface area contributed by atoms with Crippen molar-refractivity contribution in [3.05, 3.63) is 58.1 Å². The van der Waals surface area contributed by atoms with Crippen LogP contribution < -0.4 is 0 Å². The molecule has 0 saturated heterocycles. The third-order valence-corrected chi connectivity index (χ3v) is 2.99. The van der Waals surface area contributed by atoms with Gasteiger partial charge in [0.05, 0.1) is 5.56 Å². The lowest BCUT2D eigenvalue weighted by Gasteiger charge is -2.09. The van der Waals surface area contributed by atoms with Crippen LogP contribution in [0.4, 0.5) is 8.78 Å². The van der Waals surface area contributed by atoms with Gasteiger partial charge in [-0.3, -0.25) is 0 Å². The molecule has 0 aromatic heterocycles. The fourth-order valence-electron chi connectivity index (χ4n) is 1.79. The van der Waals surface area contributed by atoms with E-state index in [0.717, 1.165) is 6.07 Å². The van der Waals surface area contributed by atoms with E-state index in [4.69, 9.17) is 16.7 Å². The first-order valence-electron chi connectivity index (χ1n) is 5.39. The van der Waals surface area contributed by atoms with Crippen LogP contribution in [0.1, 0.15) is 15.9 Å². The Labute approximate surface area is 113 Å². The van der Waals surface area contributed by atoms with Crippen molar-refractivity contribution in [3.8, 4) is 11.1 Å². The first-order chi connectivity index (χ1) is 8.90. The van der Waals surface area contributed by atoms with Gasteiger partial charge in [0, 0.05) is 16.7 Å². The fourth-order valence-corrected chi connectivity index (χ4v) is 1.96. The molecule has 2 nitrogen and oxygen atoms in total.